The number of para-hydroxylation sites is 1. The molecule has 5 rings (SSSR count). The summed E-state index contributed by atoms with van der Waals surface area (Å²) in [6.07, 6.45) is -3.71. The van der Waals surface area contributed by atoms with Gasteiger partial charge in [0, 0.05) is 30.3 Å². The zero-order valence-corrected chi connectivity index (χ0v) is 25.9. The molecule has 12 heteroatoms. The summed E-state index contributed by atoms with van der Waals surface area (Å²) in [4.78, 5) is 38.5. The molecule has 0 unspecified atom stereocenters. The topological polar surface area (TPSA) is 149 Å². The molecule has 0 radical (unpaired) electrons. The lowest BCUT2D eigenvalue weighted by Gasteiger charge is -2.34. The molecule has 0 aliphatic carbocycles. The van der Waals surface area contributed by atoms with Gasteiger partial charge < -0.3 is 26.4 Å². The van der Waals surface area contributed by atoms with Gasteiger partial charge in [-0.3, -0.25) is 15.0 Å². The van der Waals surface area contributed by atoms with Crippen molar-refractivity contribution in [3.8, 4) is 0 Å². The van der Waals surface area contributed by atoms with Gasteiger partial charge in [-0.15, -0.1) is 0 Å². The minimum Gasteiger partial charge on any atom is -0.475 e. The molecular weight excluding hydrogens is 623 g/mol. The van der Waals surface area contributed by atoms with Crippen LogP contribution in [-0.2, 0) is 20.9 Å². The number of hydrogen-bond acceptors (Lipinski definition) is 5. The van der Waals surface area contributed by atoms with Gasteiger partial charge in [0.15, 0.2) is 0 Å². The summed E-state index contributed by atoms with van der Waals surface area (Å²) in [5.41, 5.74) is 9.98. The second kappa shape index (κ2) is 16.3. The maximum Gasteiger partial charge on any atom is 0.490 e. The van der Waals surface area contributed by atoms with Gasteiger partial charge in [-0.25, -0.2) is 4.79 Å². The van der Waals surface area contributed by atoms with Gasteiger partial charge in [-0.1, -0.05) is 103 Å². The number of alkyl halides is 3. The molecule has 4 aromatic carbocycles. The van der Waals surface area contributed by atoms with Crippen LogP contribution in [-0.4, -0.2) is 58.4 Å². The molecule has 0 aromatic heterocycles. The van der Waals surface area contributed by atoms with Crippen LogP contribution in [0, 0.1) is 5.41 Å². The van der Waals surface area contributed by atoms with Gasteiger partial charge in [-0.2, -0.15) is 13.2 Å². The predicted octanol–water partition coefficient (Wildman–Crippen LogP) is 5.52. The average molecular weight is 660 g/mol. The Morgan fingerprint density at radius 2 is 1.35 bits per heavy atom. The molecule has 0 bridgehead atoms. The van der Waals surface area contributed by atoms with Gasteiger partial charge in [-0.05, 0) is 41.7 Å². The number of anilines is 1. The predicted molar refractivity (Wildman–Crippen MR) is 176 cm³/mol. The molecular formula is C36H36F3N5O4. The van der Waals surface area contributed by atoms with Gasteiger partial charge >= 0.3 is 12.1 Å². The zero-order valence-electron chi connectivity index (χ0n) is 25.9. The maximum atomic E-state index is 14.5. The SMILES string of the molecule is N=C(N)c1ccc(CNC(=O)[C@@H]2CCCN2C(=O)[C@H](Nc2ccccc2)C(c2ccccc2)c2ccccc2)cc1.O=C(O)C(F)(F)F. The van der Waals surface area contributed by atoms with Gasteiger partial charge in [0.1, 0.15) is 17.9 Å². The molecule has 4 aromatic rings. The van der Waals surface area contributed by atoms with Gasteiger partial charge in [0.25, 0.3) is 0 Å². The quantitative estimate of drug-likeness (QED) is 0.112. The number of amides is 2. The number of likely N-dealkylation sites (tertiary alicyclic amines) is 1. The van der Waals surface area contributed by atoms with Crippen molar-refractivity contribution < 1.29 is 32.7 Å². The van der Waals surface area contributed by atoms with E-state index in [1.54, 1.807) is 17.0 Å². The Balaban J connectivity index is 0.000000671. The van der Waals surface area contributed by atoms with Crippen molar-refractivity contribution in [2.45, 2.75) is 43.6 Å². The molecule has 1 aliphatic heterocycles. The van der Waals surface area contributed by atoms with Crippen LogP contribution in [0.1, 0.15) is 41.0 Å². The van der Waals surface area contributed by atoms with Crippen LogP contribution < -0.4 is 16.4 Å². The third-order valence-electron chi connectivity index (χ3n) is 7.83. The Hall–Kier alpha value is -5.65. The molecule has 2 amide bonds. The molecule has 48 heavy (non-hydrogen) atoms. The standard InChI is InChI=1S/C34H35N5O2.C2HF3O2/c35-32(36)27-20-18-24(19-21-27)23-37-33(40)29-17-10-22-39(29)34(41)31(38-28-15-8-3-9-16-28)30(25-11-4-1-5-12-25)26-13-6-2-7-14-26;3-2(4,5)1(6)7/h1-9,11-16,18-21,29-31,38H,10,17,22-23H2,(H3,35,36)(H,37,40);(H,6,7)/t29-,31+;/m0./s1. The van der Waals surface area contributed by atoms with E-state index in [1.807, 2.05) is 78.9 Å². The first kappa shape index (κ1) is 35.2. The second-order valence-electron chi connectivity index (χ2n) is 11.1. The molecule has 250 valence electrons. The highest BCUT2D eigenvalue weighted by Crippen LogP contribution is 2.33. The van der Waals surface area contributed by atoms with Crippen molar-refractivity contribution in [3.05, 3.63) is 138 Å². The number of carboxylic acids is 1. The number of nitrogen functional groups attached to an aromatic ring is 1. The number of amidine groups is 1. The van der Waals surface area contributed by atoms with Crippen LogP contribution in [0.5, 0.6) is 0 Å². The first-order valence-corrected chi connectivity index (χ1v) is 15.2. The third kappa shape index (κ3) is 9.44. The normalized spacial score (nSPS) is 14.8. The second-order valence-corrected chi connectivity index (χ2v) is 11.1. The molecule has 6 N–H and O–H groups in total. The van der Waals surface area contributed by atoms with E-state index >= 15 is 0 Å². The monoisotopic (exact) mass is 659 g/mol. The highest BCUT2D eigenvalue weighted by molar-refractivity contribution is 5.95. The van der Waals surface area contributed by atoms with Crippen LogP contribution in [0.3, 0.4) is 0 Å². The summed E-state index contributed by atoms with van der Waals surface area (Å²) in [6, 6.07) is 35.9. The van der Waals surface area contributed by atoms with E-state index in [0.717, 1.165) is 28.8 Å². The highest BCUT2D eigenvalue weighted by Gasteiger charge is 2.41. The van der Waals surface area contributed by atoms with E-state index < -0.39 is 24.2 Å². The van der Waals surface area contributed by atoms with E-state index in [1.165, 1.54) is 0 Å². The number of carbonyl (C=O) groups excluding carboxylic acids is 2. The minimum atomic E-state index is -5.08. The molecule has 0 spiro atoms. The number of nitrogens with two attached hydrogens (primary N) is 1. The van der Waals surface area contributed by atoms with Crippen LogP contribution in [0.25, 0.3) is 0 Å². The van der Waals surface area contributed by atoms with Gasteiger partial charge in [0.05, 0.1) is 0 Å². The van der Waals surface area contributed by atoms with Crippen molar-refractivity contribution in [2.24, 2.45) is 5.73 Å². The van der Waals surface area contributed by atoms with E-state index in [2.05, 4.69) is 34.9 Å². The molecule has 9 nitrogen and oxygen atoms in total. The van der Waals surface area contributed by atoms with Crippen LogP contribution in [0.4, 0.5) is 18.9 Å². The smallest absolute Gasteiger partial charge is 0.475 e. The highest BCUT2D eigenvalue weighted by atomic mass is 19.4. The lowest BCUT2D eigenvalue weighted by atomic mass is 9.84. The fraction of sp³-hybridized carbons (Fsp3) is 0.222. The fourth-order valence-electron chi connectivity index (χ4n) is 5.49. The number of carboxylic acid groups (broad SMARTS) is 1. The number of rotatable bonds is 10. The number of aliphatic carboxylic acids is 1. The van der Waals surface area contributed by atoms with E-state index in [0.29, 0.717) is 25.1 Å². The van der Waals surface area contributed by atoms with E-state index in [4.69, 9.17) is 21.0 Å². The Labute approximate surface area is 276 Å². The average Bonchev–Trinajstić information content (AvgIpc) is 3.58. The van der Waals surface area contributed by atoms with Crippen LogP contribution in [0.15, 0.2) is 115 Å². The number of nitrogens with zero attached hydrogens (tertiary/aromatic N) is 1. The molecule has 1 saturated heterocycles. The maximum absolute atomic E-state index is 14.5. The molecule has 1 aliphatic rings. The lowest BCUT2D eigenvalue weighted by molar-refractivity contribution is -0.192. The summed E-state index contributed by atoms with van der Waals surface area (Å²) in [6.45, 7) is 0.853. The van der Waals surface area contributed by atoms with Crippen LogP contribution >= 0.6 is 0 Å². The number of halogens is 3. The lowest BCUT2D eigenvalue weighted by Crippen LogP contribution is -2.52. The van der Waals surface area contributed by atoms with Crippen molar-refractivity contribution in [1.29, 1.82) is 5.41 Å². The number of nitrogens with one attached hydrogen (secondary N) is 3. The third-order valence-corrected chi connectivity index (χ3v) is 7.83. The molecule has 0 saturated carbocycles. The van der Waals surface area contributed by atoms with Crippen molar-refractivity contribution in [3.63, 3.8) is 0 Å². The zero-order chi connectivity index (χ0) is 34.7. The Morgan fingerprint density at radius 1 is 0.854 bits per heavy atom. The summed E-state index contributed by atoms with van der Waals surface area (Å²) in [5.74, 6) is -3.29. The summed E-state index contributed by atoms with van der Waals surface area (Å²) < 4.78 is 31.7. The number of hydrogen-bond donors (Lipinski definition) is 5. The van der Waals surface area contributed by atoms with E-state index in [9.17, 15) is 22.8 Å². The fourth-order valence-corrected chi connectivity index (χ4v) is 5.49. The minimum absolute atomic E-state index is 0.00340. The van der Waals surface area contributed by atoms with Crippen LogP contribution in [0.2, 0.25) is 0 Å². The molecule has 2 atom stereocenters. The summed E-state index contributed by atoms with van der Waals surface area (Å²) >= 11 is 0. The largest absolute Gasteiger partial charge is 0.490 e. The Bertz CT molecular complexity index is 1630. The first-order chi connectivity index (χ1) is 23.0. The molecule has 1 fully saturated rings. The Morgan fingerprint density at radius 3 is 1.83 bits per heavy atom. The first-order valence-electron chi connectivity index (χ1n) is 15.2. The number of carbonyl (C=O) groups is 3. The van der Waals surface area contributed by atoms with Crippen molar-refractivity contribution >= 4 is 29.3 Å². The van der Waals surface area contributed by atoms with Gasteiger partial charge in [0.2, 0.25) is 11.8 Å². The Kier molecular flexibility index (Phi) is 11.9. The molecule has 1 heterocycles. The van der Waals surface area contributed by atoms with E-state index in [-0.39, 0.29) is 23.6 Å². The number of benzene rings is 4. The summed E-state index contributed by atoms with van der Waals surface area (Å²) in [7, 11) is 0. The van der Waals surface area contributed by atoms with Crippen molar-refractivity contribution in [1.82, 2.24) is 10.2 Å². The summed E-state index contributed by atoms with van der Waals surface area (Å²) in [5, 5.41) is 21.2. The van der Waals surface area contributed by atoms with Crippen molar-refractivity contribution in [2.75, 3.05) is 11.9 Å².